The number of nitrogens with zero attached hydrogens (tertiary/aromatic N) is 4. The van der Waals surface area contributed by atoms with E-state index in [9.17, 15) is 0 Å². The molecule has 1 aliphatic rings. The molecule has 0 radical (unpaired) electrons. The van der Waals surface area contributed by atoms with Crippen LogP contribution in [0.15, 0.2) is 18.5 Å². The van der Waals surface area contributed by atoms with Crippen molar-refractivity contribution < 1.29 is 0 Å². The van der Waals surface area contributed by atoms with Gasteiger partial charge in [0.2, 0.25) is 0 Å². The average molecular weight is 273 g/mol. The van der Waals surface area contributed by atoms with Crippen molar-refractivity contribution in [3.63, 3.8) is 0 Å². The molecule has 0 saturated carbocycles. The van der Waals surface area contributed by atoms with Crippen molar-refractivity contribution in [2.45, 2.75) is 32.6 Å². The largest absolute Gasteiger partial charge is 0.355 e. The van der Waals surface area contributed by atoms with Gasteiger partial charge < -0.3 is 10.6 Å². The van der Waals surface area contributed by atoms with Crippen molar-refractivity contribution in [2.24, 2.45) is 11.7 Å². The van der Waals surface area contributed by atoms with E-state index in [0.29, 0.717) is 11.8 Å². The Balaban J connectivity index is 1.98. The van der Waals surface area contributed by atoms with E-state index >= 15 is 0 Å². The number of anilines is 1. The standard InChI is InChI=1S/C15H23N5/c1-11(2)13-8-14-15(17-5-7-20(14)18-13)19-6-3-4-12(9-16)10-19/h5,7-8,11-12H,3-4,6,9-10,16H2,1-2H3. The summed E-state index contributed by atoms with van der Waals surface area (Å²) in [6.07, 6.45) is 6.18. The van der Waals surface area contributed by atoms with E-state index in [0.717, 1.165) is 36.7 Å². The first-order chi connectivity index (χ1) is 9.69. The maximum atomic E-state index is 5.84. The minimum Gasteiger partial charge on any atom is -0.355 e. The number of hydrogen-bond donors (Lipinski definition) is 1. The van der Waals surface area contributed by atoms with Gasteiger partial charge in [-0.15, -0.1) is 0 Å². The summed E-state index contributed by atoms with van der Waals surface area (Å²) in [5.74, 6) is 2.06. The van der Waals surface area contributed by atoms with Gasteiger partial charge in [0.1, 0.15) is 5.52 Å². The molecule has 3 heterocycles. The molecular weight excluding hydrogens is 250 g/mol. The molecule has 0 aromatic carbocycles. The third-order valence-electron chi connectivity index (χ3n) is 4.13. The first-order valence-electron chi connectivity index (χ1n) is 7.48. The summed E-state index contributed by atoms with van der Waals surface area (Å²) in [7, 11) is 0. The summed E-state index contributed by atoms with van der Waals surface area (Å²) in [5, 5.41) is 4.63. The highest BCUT2D eigenvalue weighted by Crippen LogP contribution is 2.26. The summed E-state index contributed by atoms with van der Waals surface area (Å²) in [5.41, 5.74) is 8.06. The maximum Gasteiger partial charge on any atom is 0.154 e. The van der Waals surface area contributed by atoms with Crippen LogP contribution in [0.25, 0.3) is 5.52 Å². The lowest BCUT2D eigenvalue weighted by Gasteiger charge is -2.33. The van der Waals surface area contributed by atoms with Gasteiger partial charge in [-0.3, -0.25) is 0 Å². The number of piperidine rings is 1. The predicted molar refractivity (Wildman–Crippen MR) is 81.1 cm³/mol. The average Bonchev–Trinajstić information content (AvgIpc) is 2.91. The zero-order valence-electron chi connectivity index (χ0n) is 12.3. The molecule has 1 atom stereocenters. The summed E-state index contributed by atoms with van der Waals surface area (Å²) in [6, 6.07) is 2.17. The second-order valence-electron chi connectivity index (χ2n) is 5.99. The summed E-state index contributed by atoms with van der Waals surface area (Å²) < 4.78 is 1.95. The van der Waals surface area contributed by atoms with Crippen LogP contribution in [-0.2, 0) is 0 Å². The highest BCUT2D eigenvalue weighted by atomic mass is 15.3. The SMILES string of the molecule is CC(C)c1cc2c(N3CCCC(CN)C3)nccn2n1. The van der Waals surface area contributed by atoms with E-state index < -0.39 is 0 Å². The fraction of sp³-hybridized carbons (Fsp3) is 0.600. The Hall–Kier alpha value is -1.62. The van der Waals surface area contributed by atoms with Crippen molar-refractivity contribution in [3.8, 4) is 0 Å². The van der Waals surface area contributed by atoms with E-state index in [1.54, 1.807) is 0 Å². The van der Waals surface area contributed by atoms with Crippen LogP contribution in [0.2, 0.25) is 0 Å². The van der Waals surface area contributed by atoms with E-state index in [-0.39, 0.29) is 0 Å². The van der Waals surface area contributed by atoms with Crippen LogP contribution < -0.4 is 10.6 Å². The molecule has 3 rings (SSSR count). The zero-order valence-corrected chi connectivity index (χ0v) is 12.3. The Morgan fingerprint density at radius 3 is 3.05 bits per heavy atom. The van der Waals surface area contributed by atoms with Gasteiger partial charge in [-0.05, 0) is 37.3 Å². The number of aromatic nitrogens is 3. The van der Waals surface area contributed by atoms with Gasteiger partial charge >= 0.3 is 0 Å². The smallest absolute Gasteiger partial charge is 0.154 e. The van der Waals surface area contributed by atoms with Crippen LogP contribution in [0.5, 0.6) is 0 Å². The van der Waals surface area contributed by atoms with Gasteiger partial charge in [-0.25, -0.2) is 9.50 Å². The highest BCUT2D eigenvalue weighted by Gasteiger charge is 2.22. The lowest BCUT2D eigenvalue weighted by Crippen LogP contribution is -2.39. The van der Waals surface area contributed by atoms with Crippen LogP contribution in [0, 0.1) is 5.92 Å². The van der Waals surface area contributed by atoms with Crippen LogP contribution in [0.4, 0.5) is 5.82 Å². The molecule has 2 N–H and O–H groups in total. The molecule has 0 bridgehead atoms. The Morgan fingerprint density at radius 1 is 1.45 bits per heavy atom. The quantitative estimate of drug-likeness (QED) is 0.929. The number of nitrogens with two attached hydrogens (primary N) is 1. The molecule has 1 saturated heterocycles. The second-order valence-corrected chi connectivity index (χ2v) is 5.99. The van der Waals surface area contributed by atoms with Gasteiger partial charge in [0.25, 0.3) is 0 Å². The molecule has 20 heavy (non-hydrogen) atoms. The van der Waals surface area contributed by atoms with Crippen LogP contribution in [0.1, 0.15) is 38.3 Å². The zero-order chi connectivity index (χ0) is 14.1. The van der Waals surface area contributed by atoms with E-state index in [1.807, 2.05) is 16.9 Å². The number of hydrogen-bond acceptors (Lipinski definition) is 4. The minimum absolute atomic E-state index is 0.431. The third-order valence-corrected chi connectivity index (χ3v) is 4.13. The van der Waals surface area contributed by atoms with E-state index in [1.165, 1.54) is 12.8 Å². The lowest BCUT2D eigenvalue weighted by atomic mass is 9.98. The summed E-state index contributed by atoms with van der Waals surface area (Å²) in [6.45, 7) is 7.16. The maximum absolute atomic E-state index is 5.84. The van der Waals surface area contributed by atoms with E-state index in [2.05, 4.69) is 34.9 Å². The fourth-order valence-electron chi connectivity index (χ4n) is 2.90. The molecule has 5 nitrogen and oxygen atoms in total. The normalized spacial score (nSPS) is 20.0. The minimum atomic E-state index is 0.431. The van der Waals surface area contributed by atoms with Crippen molar-refractivity contribution in [2.75, 3.05) is 24.5 Å². The second kappa shape index (κ2) is 5.40. The lowest BCUT2D eigenvalue weighted by molar-refractivity contribution is 0.422. The van der Waals surface area contributed by atoms with Crippen molar-refractivity contribution in [1.82, 2.24) is 14.6 Å². The van der Waals surface area contributed by atoms with Crippen molar-refractivity contribution >= 4 is 11.3 Å². The molecule has 1 fully saturated rings. The molecule has 0 amide bonds. The number of fused-ring (bicyclic) bond motifs is 1. The van der Waals surface area contributed by atoms with Gasteiger partial charge in [0, 0.05) is 25.5 Å². The summed E-state index contributed by atoms with van der Waals surface area (Å²) >= 11 is 0. The highest BCUT2D eigenvalue weighted by molar-refractivity contribution is 5.69. The Labute approximate surface area is 119 Å². The molecule has 0 spiro atoms. The van der Waals surface area contributed by atoms with Gasteiger partial charge in [-0.2, -0.15) is 5.10 Å². The molecular formula is C15H23N5. The number of rotatable bonds is 3. The predicted octanol–water partition coefficient (Wildman–Crippen LogP) is 2.03. The Kier molecular flexibility index (Phi) is 3.61. The summed E-state index contributed by atoms with van der Waals surface area (Å²) in [4.78, 5) is 6.96. The Morgan fingerprint density at radius 2 is 2.30 bits per heavy atom. The molecule has 0 aliphatic carbocycles. The van der Waals surface area contributed by atoms with Crippen LogP contribution >= 0.6 is 0 Å². The third kappa shape index (κ3) is 2.38. The Bertz CT molecular complexity index is 589. The monoisotopic (exact) mass is 273 g/mol. The molecule has 2 aromatic rings. The topological polar surface area (TPSA) is 59.5 Å². The molecule has 1 aliphatic heterocycles. The molecule has 1 unspecified atom stereocenters. The van der Waals surface area contributed by atoms with Gasteiger partial charge in [0.05, 0.1) is 5.69 Å². The van der Waals surface area contributed by atoms with Crippen molar-refractivity contribution in [1.29, 1.82) is 0 Å². The fourth-order valence-corrected chi connectivity index (χ4v) is 2.90. The first kappa shape index (κ1) is 13.4. The van der Waals surface area contributed by atoms with E-state index in [4.69, 9.17) is 5.73 Å². The van der Waals surface area contributed by atoms with Gasteiger partial charge in [-0.1, -0.05) is 13.8 Å². The molecule has 2 aromatic heterocycles. The van der Waals surface area contributed by atoms with Gasteiger partial charge in [0.15, 0.2) is 5.82 Å². The molecule has 5 heteroatoms. The van der Waals surface area contributed by atoms with Crippen LogP contribution in [0.3, 0.4) is 0 Å². The van der Waals surface area contributed by atoms with Crippen LogP contribution in [-0.4, -0.2) is 34.2 Å². The van der Waals surface area contributed by atoms with Crippen molar-refractivity contribution in [3.05, 3.63) is 24.2 Å². The molecule has 108 valence electrons. The first-order valence-corrected chi connectivity index (χ1v) is 7.48.